The van der Waals surface area contributed by atoms with Crippen LogP contribution in [0.4, 0.5) is 17.3 Å². The average Bonchev–Trinajstić information content (AvgIpc) is 2.71. The molecule has 30 heavy (non-hydrogen) atoms. The summed E-state index contributed by atoms with van der Waals surface area (Å²) in [5, 5.41) is 0.779. The zero-order valence-corrected chi connectivity index (χ0v) is 17.9. The van der Waals surface area contributed by atoms with E-state index < -0.39 is 7.25 Å². The van der Waals surface area contributed by atoms with E-state index in [2.05, 4.69) is 78.5 Å². The van der Waals surface area contributed by atoms with Gasteiger partial charge in [-0.3, -0.25) is 0 Å². The van der Waals surface area contributed by atoms with Crippen molar-refractivity contribution in [3.8, 4) is 0 Å². The molecule has 0 aliphatic carbocycles. The molecule has 3 rings (SSSR count). The van der Waals surface area contributed by atoms with Crippen LogP contribution in [0.25, 0.3) is 0 Å². The second kappa shape index (κ2) is 11.4. The lowest BCUT2D eigenvalue weighted by Crippen LogP contribution is -2.52. The predicted octanol–water partition coefficient (Wildman–Crippen LogP) is 6.10. The zero-order valence-electron chi connectivity index (χ0n) is 16.3. The number of rotatable bonds is 7. The van der Waals surface area contributed by atoms with Crippen LogP contribution in [0.5, 0.6) is 0 Å². The van der Waals surface area contributed by atoms with E-state index in [-0.39, 0.29) is 4.75 Å². The molecule has 0 amide bonds. The largest absolute Gasteiger partial charge is 0.673 e. The summed E-state index contributed by atoms with van der Waals surface area (Å²) in [6.45, 7) is 0.897. The summed E-state index contributed by atoms with van der Waals surface area (Å²) in [4.78, 5) is 0. The summed E-state index contributed by atoms with van der Waals surface area (Å²) in [5.41, 5.74) is 7.93. The molecular formula is C22H23BClF4NS. The molecule has 3 aromatic carbocycles. The fourth-order valence-corrected chi connectivity index (χ4v) is 4.71. The first-order chi connectivity index (χ1) is 14.2. The Morgan fingerprint density at radius 2 is 1.33 bits per heavy atom. The van der Waals surface area contributed by atoms with E-state index in [4.69, 9.17) is 11.6 Å². The smallest absolute Gasteiger partial charge is 0.418 e. The molecule has 0 aliphatic rings. The van der Waals surface area contributed by atoms with Crippen LogP contribution in [-0.4, -0.2) is 19.6 Å². The predicted molar refractivity (Wildman–Crippen MR) is 119 cm³/mol. The fourth-order valence-electron chi connectivity index (χ4n) is 3.17. The monoisotopic (exact) mass is 455 g/mol. The van der Waals surface area contributed by atoms with Gasteiger partial charge in [0.05, 0.1) is 11.3 Å². The molecule has 1 atom stereocenters. The van der Waals surface area contributed by atoms with Gasteiger partial charge in [0.15, 0.2) is 0 Å². The Labute approximate surface area is 183 Å². The summed E-state index contributed by atoms with van der Waals surface area (Å²) < 4.78 is 38.8. The van der Waals surface area contributed by atoms with Gasteiger partial charge < -0.3 is 23.0 Å². The van der Waals surface area contributed by atoms with Crippen molar-refractivity contribution in [2.24, 2.45) is 0 Å². The van der Waals surface area contributed by atoms with Gasteiger partial charge in [-0.2, -0.15) is 0 Å². The second-order valence-electron chi connectivity index (χ2n) is 6.56. The number of hydrogen-bond donors (Lipinski definition) is 1. The Kier molecular flexibility index (Phi) is 9.27. The highest BCUT2D eigenvalue weighted by Crippen LogP contribution is 2.46. The molecule has 0 heterocycles. The minimum Gasteiger partial charge on any atom is -0.418 e. The highest BCUT2D eigenvalue weighted by Gasteiger charge is 2.35. The number of quaternary nitrogens is 1. The van der Waals surface area contributed by atoms with Crippen LogP contribution in [0.3, 0.4) is 0 Å². The first-order valence-corrected chi connectivity index (χ1v) is 10.8. The molecule has 3 aromatic rings. The van der Waals surface area contributed by atoms with E-state index in [9.17, 15) is 17.3 Å². The Hall–Kier alpha value is -1.96. The number of hydrogen-bond acceptors (Lipinski definition) is 1. The Balaban J connectivity index is 0.000000575. The summed E-state index contributed by atoms with van der Waals surface area (Å²) in [5.74, 6) is 0.994. The molecule has 0 bridgehead atoms. The summed E-state index contributed by atoms with van der Waals surface area (Å²) in [7, 11) is -6.00. The standard InChI is InChI=1S/C22H22ClNS.BF4/c23-21-13-7-12-20(16-21)22(25-15-14-24,19-10-5-2-6-11-19)17-18-8-3-1-4-9-18;2-1(3,4)5/h1-13,16H,14-15,17,24H2;/q;-1/p+1. The van der Waals surface area contributed by atoms with E-state index in [1.807, 2.05) is 23.9 Å². The van der Waals surface area contributed by atoms with E-state index >= 15 is 0 Å². The average molecular weight is 456 g/mol. The SMILES string of the molecule is F[B-](F)(F)F.[NH3+]CCSC(Cc1ccccc1)(c1ccccc1)c1cccc(Cl)c1. The molecule has 0 spiro atoms. The molecule has 8 heteroatoms. The van der Waals surface area contributed by atoms with Gasteiger partial charge in [-0.15, -0.1) is 11.8 Å². The summed E-state index contributed by atoms with van der Waals surface area (Å²) >= 11 is 8.31. The Morgan fingerprint density at radius 3 is 1.87 bits per heavy atom. The fraction of sp³-hybridized carbons (Fsp3) is 0.182. The molecule has 0 fully saturated rings. The molecule has 0 aromatic heterocycles. The number of halogens is 5. The van der Waals surface area contributed by atoms with E-state index in [0.717, 1.165) is 23.7 Å². The van der Waals surface area contributed by atoms with Crippen LogP contribution in [0, 0.1) is 0 Å². The van der Waals surface area contributed by atoms with Gasteiger partial charge in [0.25, 0.3) is 0 Å². The lowest BCUT2D eigenvalue weighted by atomic mass is 9.85. The lowest BCUT2D eigenvalue weighted by Gasteiger charge is -2.35. The highest BCUT2D eigenvalue weighted by atomic mass is 35.5. The van der Waals surface area contributed by atoms with E-state index in [0.29, 0.717) is 0 Å². The maximum atomic E-state index is 9.75. The van der Waals surface area contributed by atoms with Crippen molar-refractivity contribution >= 4 is 30.6 Å². The first-order valence-electron chi connectivity index (χ1n) is 9.40. The van der Waals surface area contributed by atoms with Crippen LogP contribution < -0.4 is 5.73 Å². The molecule has 0 aliphatic heterocycles. The third-order valence-corrected chi connectivity index (χ3v) is 6.16. The molecule has 0 radical (unpaired) electrons. The van der Waals surface area contributed by atoms with Crippen molar-refractivity contribution in [2.75, 3.05) is 12.3 Å². The topological polar surface area (TPSA) is 27.6 Å². The third kappa shape index (κ3) is 7.71. The van der Waals surface area contributed by atoms with Gasteiger partial charge in [0.2, 0.25) is 0 Å². The van der Waals surface area contributed by atoms with Gasteiger partial charge in [-0.25, -0.2) is 0 Å². The molecule has 1 unspecified atom stereocenters. The van der Waals surface area contributed by atoms with Crippen LogP contribution in [0.15, 0.2) is 84.9 Å². The van der Waals surface area contributed by atoms with Crippen molar-refractivity contribution in [1.29, 1.82) is 0 Å². The molecule has 3 N–H and O–H groups in total. The van der Waals surface area contributed by atoms with Gasteiger partial charge in [-0.1, -0.05) is 84.4 Å². The van der Waals surface area contributed by atoms with Crippen LogP contribution in [0.2, 0.25) is 5.02 Å². The third-order valence-electron chi connectivity index (χ3n) is 4.32. The highest BCUT2D eigenvalue weighted by molar-refractivity contribution is 8.00. The maximum absolute atomic E-state index is 9.75. The van der Waals surface area contributed by atoms with Gasteiger partial charge >= 0.3 is 7.25 Å². The maximum Gasteiger partial charge on any atom is 0.673 e. The summed E-state index contributed by atoms with van der Waals surface area (Å²) in [6, 6.07) is 29.7. The second-order valence-corrected chi connectivity index (χ2v) is 8.39. The van der Waals surface area contributed by atoms with Crippen LogP contribution in [0.1, 0.15) is 16.7 Å². The van der Waals surface area contributed by atoms with Gasteiger partial charge in [0, 0.05) is 10.8 Å². The lowest BCUT2D eigenvalue weighted by molar-refractivity contribution is -0.360. The minimum atomic E-state index is -6.00. The van der Waals surface area contributed by atoms with Crippen molar-refractivity contribution in [2.45, 2.75) is 11.2 Å². The van der Waals surface area contributed by atoms with Gasteiger partial charge in [-0.05, 0) is 35.2 Å². The first kappa shape index (κ1) is 24.3. The van der Waals surface area contributed by atoms with E-state index in [1.54, 1.807) is 0 Å². The molecule has 160 valence electrons. The number of benzene rings is 3. The van der Waals surface area contributed by atoms with Crippen LogP contribution in [-0.2, 0) is 11.2 Å². The molecule has 1 nitrogen and oxygen atoms in total. The zero-order chi connectivity index (χ0) is 22.0. The van der Waals surface area contributed by atoms with Crippen molar-refractivity contribution in [1.82, 2.24) is 0 Å². The summed E-state index contributed by atoms with van der Waals surface area (Å²) in [6.07, 6.45) is 0.920. The van der Waals surface area contributed by atoms with Crippen LogP contribution >= 0.6 is 23.4 Å². The minimum absolute atomic E-state index is 0.175. The van der Waals surface area contributed by atoms with Gasteiger partial charge in [0.1, 0.15) is 0 Å². The quantitative estimate of drug-likeness (QED) is 0.338. The van der Waals surface area contributed by atoms with E-state index in [1.165, 1.54) is 16.7 Å². The number of thioether (sulfide) groups is 1. The van der Waals surface area contributed by atoms with Crippen molar-refractivity contribution in [3.05, 3.63) is 107 Å². The van der Waals surface area contributed by atoms with Crippen molar-refractivity contribution in [3.63, 3.8) is 0 Å². The normalized spacial score (nSPS) is 13.1. The Bertz CT molecular complexity index is 890. The molecule has 0 saturated heterocycles. The van der Waals surface area contributed by atoms with Crippen molar-refractivity contribution < 1.29 is 23.0 Å². The molecule has 0 saturated carbocycles. The Morgan fingerprint density at radius 1 is 0.800 bits per heavy atom. The molecular weight excluding hydrogens is 433 g/mol.